The van der Waals surface area contributed by atoms with Gasteiger partial charge in [-0.15, -0.1) is 0 Å². The molecule has 0 aromatic carbocycles. The van der Waals surface area contributed by atoms with Crippen LogP contribution in [0.2, 0.25) is 5.02 Å². The van der Waals surface area contributed by atoms with E-state index in [0.29, 0.717) is 23.0 Å². The molecule has 0 bridgehead atoms. The summed E-state index contributed by atoms with van der Waals surface area (Å²) in [5.41, 5.74) is 0.485. The number of nitrogens with one attached hydrogen (secondary N) is 1. The van der Waals surface area contributed by atoms with Crippen LogP contribution in [0.15, 0.2) is 12.3 Å². The van der Waals surface area contributed by atoms with Crippen molar-refractivity contribution in [2.45, 2.75) is 0 Å². The van der Waals surface area contributed by atoms with E-state index in [0.717, 1.165) is 0 Å². The molecule has 64 valence electrons. The van der Waals surface area contributed by atoms with Crippen LogP contribution in [0.25, 0.3) is 0 Å². The minimum Gasteiger partial charge on any atom is -0.480 e. The molecule has 1 N–H and O–H groups in total. The van der Waals surface area contributed by atoms with Crippen molar-refractivity contribution in [3.8, 4) is 5.88 Å². The first-order valence-corrected chi connectivity index (χ1v) is 3.56. The second kappa shape index (κ2) is 3.92. The summed E-state index contributed by atoms with van der Waals surface area (Å²) in [5.74, 6) is 0.295. The van der Waals surface area contributed by atoms with E-state index in [1.807, 2.05) is 0 Å². The number of aromatic nitrogens is 1. The van der Waals surface area contributed by atoms with Gasteiger partial charge in [0.15, 0.2) is 0 Å². The normalized spacial score (nSPS) is 9.17. The molecule has 1 rings (SSSR count). The number of methoxy groups -OCH3 is 1. The van der Waals surface area contributed by atoms with E-state index in [2.05, 4.69) is 10.3 Å². The number of carbonyl (C=O) groups is 1. The van der Waals surface area contributed by atoms with E-state index in [1.165, 1.54) is 13.3 Å². The van der Waals surface area contributed by atoms with Gasteiger partial charge in [0.25, 0.3) is 0 Å². The van der Waals surface area contributed by atoms with E-state index >= 15 is 0 Å². The molecule has 0 aliphatic rings. The number of ether oxygens (including phenoxy) is 1. The first kappa shape index (κ1) is 8.80. The van der Waals surface area contributed by atoms with Gasteiger partial charge in [-0.1, -0.05) is 11.6 Å². The van der Waals surface area contributed by atoms with E-state index in [9.17, 15) is 4.79 Å². The number of pyridine rings is 1. The topological polar surface area (TPSA) is 51.2 Å². The third-order valence-electron chi connectivity index (χ3n) is 1.27. The summed E-state index contributed by atoms with van der Waals surface area (Å²) in [6.07, 6.45) is 2.04. The lowest BCUT2D eigenvalue weighted by Crippen LogP contribution is -1.97. The second-order valence-electron chi connectivity index (χ2n) is 1.94. The quantitative estimate of drug-likeness (QED) is 0.725. The van der Waals surface area contributed by atoms with E-state index in [4.69, 9.17) is 16.3 Å². The Morgan fingerprint density at radius 3 is 3.08 bits per heavy atom. The van der Waals surface area contributed by atoms with Crippen LogP contribution in [0.4, 0.5) is 5.69 Å². The summed E-state index contributed by atoms with van der Waals surface area (Å²) in [7, 11) is 1.46. The van der Waals surface area contributed by atoms with Gasteiger partial charge in [0, 0.05) is 6.20 Å². The van der Waals surface area contributed by atoms with E-state index in [1.54, 1.807) is 6.07 Å². The Bertz CT molecular complexity index is 291. The summed E-state index contributed by atoms with van der Waals surface area (Å²) in [6.45, 7) is 0. The van der Waals surface area contributed by atoms with Gasteiger partial charge in [0.1, 0.15) is 5.02 Å². The predicted octanol–water partition coefficient (Wildman–Crippen LogP) is 1.31. The van der Waals surface area contributed by atoms with Gasteiger partial charge in [-0.05, 0) is 6.07 Å². The van der Waals surface area contributed by atoms with Crippen molar-refractivity contribution < 1.29 is 9.53 Å². The van der Waals surface area contributed by atoms with Gasteiger partial charge in [0.05, 0.1) is 12.8 Å². The molecule has 1 amide bonds. The lowest BCUT2D eigenvalue weighted by Gasteiger charge is -2.04. The number of amides is 1. The van der Waals surface area contributed by atoms with Gasteiger partial charge < -0.3 is 10.1 Å². The lowest BCUT2D eigenvalue weighted by molar-refractivity contribution is -0.105. The maximum atomic E-state index is 10.1. The molecule has 1 aromatic heterocycles. The second-order valence-corrected chi connectivity index (χ2v) is 2.32. The van der Waals surface area contributed by atoms with Crippen LogP contribution >= 0.6 is 11.6 Å². The molecular weight excluding hydrogens is 180 g/mol. The van der Waals surface area contributed by atoms with Crippen LogP contribution in [0.3, 0.4) is 0 Å². The predicted molar refractivity (Wildman–Crippen MR) is 45.5 cm³/mol. The third kappa shape index (κ3) is 1.65. The Hall–Kier alpha value is -1.29. The molecule has 0 spiro atoms. The molecule has 12 heavy (non-hydrogen) atoms. The first-order valence-electron chi connectivity index (χ1n) is 3.18. The first-order chi connectivity index (χ1) is 5.79. The number of rotatable bonds is 3. The van der Waals surface area contributed by atoms with Crippen molar-refractivity contribution in [3.63, 3.8) is 0 Å². The average molecular weight is 187 g/mol. The van der Waals surface area contributed by atoms with Gasteiger partial charge in [-0.2, -0.15) is 0 Å². The molecule has 0 fully saturated rings. The minimum absolute atomic E-state index is 0.295. The SMILES string of the molecule is COc1nccc(NC=O)c1Cl. The molecule has 0 radical (unpaired) electrons. The Labute approximate surface area is 74.5 Å². The largest absolute Gasteiger partial charge is 0.480 e. The van der Waals surface area contributed by atoms with Gasteiger partial charge in [-0.3, -0.25) is 4.79 Å². The lowest BCUT2D eigenvalue weighted by atomic mass is 10.4. The molecule has 0 atom stereocenters. The fraction of sp³-hybridized carbons (Fsp3) is 0.143. The highest BCUT2D eigenvalue weighted by Gasteiger charge is 2.05. The van der Waals surface area contributed by atoms with E-state index < -0.39 is 0 Å². The van der Waals surface area contributed by atoms with Crippen molar-refractivity contribution in [2.75, 3.05) is 12.4 Å². The Morgan fingerprint density at radius 2 is 2.50 bits per heavy atom. The Balaban J connectivity index is 3.04. The van der Waals surface area contributed by atoms with Crippen LogP contribution in [0, 0.1) is 0 Å². The molecule has 0 aliphatic heterocycles. The summed E-state index contributed by atoms with van der Waals surface area (Å²) in [6, 6.07) is 1.58. The molecule has 1 heterocycles. The van der Waals surface area contributed by atoms with E-state index in [-0.39, 0.29) is 0 Å². The number of hydrogen-bond acceptors (Lipinski definition) is 3. The van der Waals surface area contributed by atoms with Crippen LogP contribution in [0.1, 0.15) is 0 Å². The summed E-state index contributed by atoms with van der Waals surface area (Å²) in [4.78, 5) is 13.9. The Kier molecular flexibility index (Phi) is 2.88. The summed E-state index contributed by atoms with van der Waals surface area (Å²) in [5, 5.41) is 2.72. The number of halogens is 1. The molecule has 0 saturated heterocycles. The zero-order valence-corrected chi connectivity index (χ0v) is 7.13. The monoisotopic (exact) mass is 186 g/mol. The number of carbonyl (C=O) groups excluding carboxylic acids is 1. The van der Waals surface area contributed by atoms with Crippen LogP contribution in [0.5, 0.6) is 5.88 Å². The fourth-order valence-corrected chi connectivity index (χ4v) is 0.985. The molecule has 0 saturated carbocycles. The van der Waals surface area contributed by atoms with Gasteiger partial charge in [-0.25, -0.2) is 4.98 Å². The number of hydrogen-bond donors (Lipinski definition) is 1. The zero-order chi connectivity index (χ0) is 8.97. The zero-order valence-electron chi connectivity index (χ0n) is 6.37. The Morgan fingerprint density at radius 1 is 1.75 bits per heavy atom. The highest BCUT2D eigenvalue weighted by Crippen LogP contribution is 2.28. The maximum Gasteiger partial charge on any atom is 0.234 e. The van der Waals surface area contributed by atoms with Crippen molar-refractivity contribution in [1.82, 2.24) is 4.98 Å². The van der Waals surface area contributed by atoms with Crippen LogP contribution < -0.4 is 10.1 Å². The molecule has 4 nitrogen and oxygen atoms in total. The van der Waals surface area contributed by atoms with Crippen molar-refractivity contribution in [1.29, 1.82) is 0 Å². The summed E-state index contributed by atoms with van der Waals surface area (Å²) < 4.78 is 4.83. The van der Waals surface area contributed by atoms with Crippen molar-refractivity contribution >= 4 is 23.7 Å². The molecule has 5 heteroatoms. The van der Waals surface area contributed by atoms with Gasteiger partial charge >= 0.3 is 0 Å². The van der Waals surface area contributed by atoms with Crippen LogP contribution in [-0.2, 0) is 4.79 Å². The standard InChI is InChI=1S/C7H7ClN2O2/c1-12-7-6(8)5(10-4-11)2-3-9-7/h2-4H,1H3,(H,9,10,11). The van der Waals surface area contributed by atoms with Crippen molar-refractivity contribution in [3.05, 3.63) is 17.3 Å². The fourth-order valence-electron chi connectivity index (χ4n) is 0.742. The number of nitrogens with zero attached hydrogens (tertiary/aromatic N) is 1. The molecule has 0 aliphatic carbocycles. The summed E-state index contributed by atoms with van der Waals surface area (Å²) >= 11 is 5.78. The number of anilines is 1. The highest BCUT2D eigenvalue weighted by atomic mass is 35.5. The molecular formula is C7H7ClN2O2. The highest BCUT2D eigenvalue weighted by molar-refractivity contribution is 6.34. The molecule has 1 aromatic rings. The molecule has 0 unspecified atom stereocenters. The smallest absolute Gasteiger partial charge is 0.234 e. The maximum absolute atomic E-state index is 10.1. The van der Waals surface area contributed by atoms with Crippen LogP contribution in [-0.4, -0.2) is 18.5 Å². The van der Waals surface area contributed by atoms with Crippen molar-refractivity contribution in [2.24, 2.45) is 0 Å². The van der Waals surface area contributed by atoms with Gasteiger partial charge in [0.2, 0.25) is 12.3 Å². The average Bonchev–Trinajstić information content (AvgIpc) is 2.09. The minimum atomic E-state index is 0.295. The third-order valence-corrected chi connectivity index (χ3v) is 1.63.